The Bertz CT molecular complexity index is 609. The molecule has 2 aromatic rings. The fourth-order valence-corrected chi connectivity index (χ4v) is 3.05. The number of anilines is 1. The standard InChI is InChI=1S/C17H18ClFN2/c18-15-4-2-6-17(12-15)21-9-7-20(8-10-21)13-14-3-1-5-16(19)11-14/h1-6,11-12H,7-10,13H2/p+1. The van der Waals surface area contributed by atoms with Crippen molar-refractivity contribution in [2.24, 2.45) is 0 Å². The molecule has 1 heterocycles. The fourth-order valence-electron chi connectivity index (χ4n) is 2.87. The van der Waals surface area contributed by atoms with Crippen molar-refractivity contribution in [3.8, 4) is 0 Å². The van der Waals surface area contributed by atoms with E-state index in [1.807, 2.05) is 24.3 Å². The second kappa shape index (κ2) is 6.46. The molecule has 1 aliphatic heterocycles. The van der Waals surface area contributed by atoms with Crippen LogP contribution in [0.15, 0.2) is 48.5 Å². The number of benzene rings is 2. The average Bonchev–Trinajstić information content (AvgIpc) is 2.48. The van der Waals surface area contributed by atoms with Gasteiger partial charge in [-0.25, -0.2) is 4.39 Å². The fraction of sp³-hybridized carbons (Fsp3) is 0.294. The van der Waals surface area contributed by atoms with E-state index in [0.717, 1.165) is 43.3 Å². The van der Waals surface area contributed by atoms with Crippen molar-refractivity contribution >= 4 is 17.3 Å². The quantitative estimate of drug-likeness (QED) is 0.915. The van der Waals surface area contributed by atoms with Crippen LogP contribution >= 0.6 is 11.6 Å². The number of piperazine rings is 1. The third-order valence-corrected chi connectivity index (χ3v) is 4.22. The van der Waals surface area contributed by atoms with Gasteiger partial charge in [-0.1, -0.05) is 29.8 Å². The van der Waals surface area contributed by atoms with Crippen LogP contribution in [0.3, 0.4) is 0 Å². The molecule has 0 spiro atoms. The molecule has 21 heavy (non-hydrogen) atoms. The molecule has 110 valence electrons. The highest BCUT2D eigenvalue weighted by atomic mass is 35.5. The SMILES string of the molecule is Fc1cccc(C[NH+]2CCN(c3cccc(Cl)c3)CC2)c1. The topological polar surface area (TPSA) is 7.68 Å². The van der Waals surface area contributed by atoms with Gasteiger partial charge in [0.2, 0.25) is 0 Å². The number of nitrogens with zero attached hydrogens (tertiary/aromatic N) is 1. The van der Waals surface area contributed by atoms with Crippen LogP contribution in [-0.2, 0) is 6.54 Å². The van der Waals surface area contributed by atoms with Gasteiger partial charge in [-0.2, -0.15) is 0 Å². The summed E-state index contributed by atoms with van der Waals surface area (Å²) in [6.45, 7) is 5.02. The molecule has 0 aromatic heterocycles. The highest BCUT2D eigenvalue weighted by molar-refractivity contribution is 6.30. The molecule has 0 unspecified atom stereocenters. The number of hydrogen-bond acceptors (Lipinski definition) is 1. The molecule has 0 bridgehead atoms. The molecule has 1 fully saturated rings. The van der Waals surface area contributed by atoms with E-state index in [2.05, 4.69) is 11.0 Å². The Morgan fingerprint density at radius 1 is 1.05 bits per heavy atom. The van der Waals surface area contributed by atoms with Crippen LogP contribution in [0, 0.1) is 5.82 Å². The lowest BCUT2D eigenvalue weighted by atomic mass is 10.2. The first-order chi connectivity index (χ1) is 10.2. The third-order valence-electron chi connectivity index (χ3n) is 3.99. The number of quaternary nitrogens is 1. The monoisotopic (exact) mass is 305 g/mol. The van der Waals surface area contributed by atoms with Crippen LogP contribution in [0.5, 0.6) is 0 Å². The minimum atomic E-state index is -0.149. The third kappa shape index (κ3) is 3.74. The number of rotatable bonds is 3. The Kier molecular flexibility index (Phi) is 4.42. The molecule has 0 saturated carbocycles. The molecular formula is C17H19ClFN2+. The van der Waals surface area contributed by atoms with Crippen molar-refractivity contribution < 1.29 is 9.29 Å². The van der Waals surface area contributed by atoms with E-state index in [9.17, 15) is 4.39 Å². The average molecular weight is 306 g/mol. The van der Waals surface area contributed by atoms with Crippen LogP contribution in [0.2, 0.25) is 5.02 Å². The molecular weight excluding hydrogens is 287 g/mol. The molecule has 0 atom stereocenters. The maximum atomic E-state index is 13.2. The molecule has 2 nitrogen and oxygen atoms in total. The number of halogens is 2. The highest BCUT2D eigenvalue weighted by Crippen LogP contribution is 2.19. The summed E-state index contributed by atoms with van der Waals surface area (Å²) in [5.41, 5.74) is 2.26. The van der Waals surface area contributed by atoms with Gasteiger partial charge in [-0.05, 0) is 30.3 Å². The minimum absolute atomic E-state index is 0.149. The van der Waals surface area contributed by atoms with Gasteiger partial charge in [0.05, 0.1) is 26.2 Å². The van der Waals surface area contributed by atoms with Crippen LogP contribution in [0.25, 0.3) is 0 Å². The maximum absolute atomic E-state index is 13.2. The molecule has 1 N–H and O–H groups in total. The Morgan fingerprint density at radius 3 is 2.52 bits per heavy atom. The molecule has 3 rings (SSSR count). The zero-order valence-electron chi connectivity index (χ0n) is 11.9. The van der Waals surface area contributed by atoms with Crippen LogP contribution in [0.1, 0.15) is 5.56 Å². The van der Waals surface area contributed by atoms with Gasteiger partial charge in [-0.3, -0.25) is 0 Å². The van der Waals surface area contributed by atoms with Crippen LogP contribution in [-0.4, -0.2) is 26.2 Å². The van der Waals surface area contributed by atoms with Gasteiger partial charge < -0.3 is 9.80 Å². The van der Waals surface area contributed by atoms with Gasteiger partial charge in [0.1, 0.15) is 12.4 Å². The van der Waals surface area contributed by atoms with Crippen LogP contribution in [0.4, 0.5) is 10.1 Å². The Labute approximate surface area is 129 Å². The predicted octanol–water partition coefficient (Wildman–Crippen LogP) is 2.38. The predicted molar refractivity (Wildman–Crippen MR) is 84.5 cm³/mol. The Morgan fingerprint density at radius 2 is 1.81 bits per heavy atom. The van der Waals surface area contributed by atoms with Crippen molar-refractivity contribution in [1.82, 2.24) is 0 Å². The largest absolute Gasteiger partial charge is 0.360 e. The Hall–Kier alpha value is -1.58. The molecule has 1 aliphatic rings. The summed E-state index contributed by atoms with van der Waals surface area (Å²) in [5.74, 6) is -0.149. The second-order valence-corrected chi connectivity index (χ2v) is 5.96. The first-order valence-electron chi connectivity index (χ1n) is 7.29. The number of hydrogen-bond donors (Lipinski definition) is 1. The summed E-state index contributed by atoms with van der Waals surface area (Å²) in [6, 6.07) is 14.9. The summed E-state index contributed by atoms with van der Waals surface area (Å²) >= 11 is 6.05. The molecule has 1 saturated heterocycles. The van der Waals surface area contributed by atoms with E-state index >= 15 is 0 Å². The summed E-state index contributed by atoms with van der Waals surface area (Å²) in [6.07, 6.45) is 0. The van der Waals surface area contributed by atoms with Crippen molar-refractivity contribution in [3.05, 3.63) is 64.9 Å². The first-order valence-corrected chi connectivity index (χ1v) is 7.67. The van der Waals surface area contributed by atoms with E-state index < -0.39 is 0 Å². The van der Waals surface area contributed by atoms with Crippen LogP contribution < -0.4 is 9.80 Å². The highest BCUT2D eigenvalue weighted by Gasteiger charge is 2.20. The molecule has 0 radical (unpaired) electrons. The van der Waals surface area contributed by atoms with Gasteiger partial charge in [0, 0.05) is 16.3 Å². The molecule has 0 amide bonds. The molecule has 2 aromatic carbocycles. The zero-order valence-corrected chi connectivity index (χ0v) is 12.6. The van der Waals surface area contributed by atoms with E-state index in [4.69, 9.17) is 11.6 Å². The lowest BCUT2D eigenvalue weighted by Crippen LogP contribution is -3.13. The van der Waals surface area contributed by atoms with E-state index in [1.165, 1.54) is 16.7 Å². The minimum Gasteiger partial charge on any atom is -0.360 e. The molecule has 0 aliphatic carbocycles. The summed E-state index contributed by atoms with van der Waals surface area (Å²) < 4.78 is 13.2. The second-order valence-electron chi connectivity index (χ2n) is 5.52. The molecule has 4 heteroatoms. The summed E-state index contributed by atoms with van der Waals surface area (Å²) in [7, 11) is 0. The summed E-state index contributed by atoms with van der Waals surface area (Å²) in [5, 5.41) is 0.780. The van der Waals surface area contributed by atoms with Gasteiger partial charge >= 0.3 is 0 Å². The van der Waals surface area contributed by atoms with Crippen molar-refractivity contribution in [1.29, 1.82) is 0 Å². The van der Waals surface area contributed by atoms with Gasteiger partial charge in [-0.15, -0.1) is 0 Å². The lowest BCUT2D eigenvalue weighted by Gasteiger charge is -2.33. The van der Waals surface area contributed by atoms with Crippen molar-refractivity contribution in [2.75, 3.05) is 31.1 Å². The number of nitrogens with one attached hydrogen (secondary N) is 1. The normalized spacial score (nSPS) is 16.2. The van der Waals surface area contributed by atoms with E-state index in [0.29, 0.717) is 0 Å². The zero-order chi connectivity index (χ0) is 14.7. The van der Waals surface area contributed by atoms with E-state index in [1.54, 1.807) is 12.1 Å². The van der Waals surface area contributed by atoms with E-state index in [-0.39, 0.29) is 5.82 Å². The lowest BCUT2D eigenvalue weighted by molar-refractivity contribution is -0.914. The maximum Gasteiger partial charge on any atom is 0.123 e. The van der Waals surface area contributed by atoms with Gasteiger partial charge in [0.25, 0.3) is 0 Å². The Balaban J connectivity index is 1.58. The van der Waals surface area contributed by atoms with Gasteiger partial charge in [0.15, 0.2) is 0 Å². The first kappa shape index (κ1) is 14.4. The smallest absolute Gasteiger partial charge is 0.123 e. The van der Waals surface area contributed by atoms with Crippen molar-refractivity contribution in [2.45, 2.75) is 6.54 Å². The van der Waals surface area contributed by atoms with Crippen molar-refractivity contribution in [3.63, 3.8) is 0 Å². The summed E-state index contributed by atoms with van der Waals surface area (Å²) in [4.78, 5) is 3.86.